The van der Waals surface area contributed by atoms with Crippen molar-refractivity contribution in [2.75, 3.05) is 0 Å². The Bertz CT molecular complexity index is 406. The van der Waals surface area contributed by atoms with Crippen molar-refractivity contribution < 1.29 is 0 Å². The lowest BCUT2D eigenvalue weighted by atomic mass is 10.1. The number of rotatable bonds is 1. The van der Waals surface area contributed by atoms with Crippen LogP contribution < -0.4 is 0 Å². The zero-order valence-electron chi connectivity index (χ0n) is 7.51. The van der Waals surface area contributed by atoms with Gasteiger partial charge in [-0.15, -0.1) is 25.3 Å². The van der Waals surface area contributed by atoms with Crippen LogP contribution in [-0.2, 0) is 0 Å². The lowest BCUT2D eigenvalue weighted by Crippen LogP contribution is -1.77. The molecular formula is C12H10S2. The average molecular weight is 218 g/mol. The van der Waals surface area contributed by atoms with E-state index in [4.69, 9.17) is 0 Å². The van der Waals surface area contributed by atoms with E-state index in [1.807, 2.05) is 36.4 Å². The molecule has 0 saturated carbocycles. The van der Waals surface area contributed by atoms with Gasteiger partial charge in [-0.25, -0.2) is 0 Å². The first-order chi connectivity index (χ1) is 6.75. The summed E-state index contributed by atoms with van der Waals surface area (Å²) in [5, 5.41) is 0. The van der Waals surface area contributed by atoms with Gasteiger partial charge in [0.2, 0.25) is 0 Å². The molecule has 2 aromatic carbocycles. The molecule has 0 heterocycles. The molecule has 0 atom stereocenters. The summed E-state index contributed by atoms with van der Waals surface area (Å²) < 4.78 is 0. The second-order valence-corrected chi connectivity index (χ2v) is 4.13. The topological polar surface area (TPSA) is 0 Å². The van der Waals surface area contributed by atoms with E-state index in [-0.39, 0.29) is 0 Å². The fraction of sp³-hybridized carbons (Fsp3) is 0. The molecule has 0 nitrogen and oxygen atoms in total. The Morgan fingerprint density at radius 2 is 1.07 bits per heavy atom. The van der Waals surface area contributed by atoms with Gasteiger partial charge >= 0.3 is 0 Å². The van der Waals surface area contributed by atoms with Gasteiger partial charge in [-0.2, -0.15) is 0 Å². The van der Waals surface area contributed by atoms with Crippen molar-refractivity contribution in [3.63, 3.8) is 0 Å². The Morgan fingerprint density at radius 3 is 1.43 bits per heavy atom. The fourth-order valence-corrected chi connectivity index (χ4v) is 1.82. The van der Waals surface area contributed by atoms with Crippen LogP contribution >= 0.6 is 25.3 Å². The van der Waals surface area contributed by atoms with Crippen LogP contribution in [0.15, 0.2) is 58.3 Å². The van der Waals surface area contributed by atoms with Crippen LogP contribution in [-0.4, -0.2) is 0 Å². The molecule has 0 aliphatic carbocycles. The molecule has 0 unspecified atom stereocenters. The van der Waals surface area contributed by atoms with Crippen LogP contribution in [0.4, 0.5) is 0 Å². The van der Waals surface area contributed by atoms with Gasteiger partial charge < -0.3 is 0 Å². The Morgan fingerprint density at radius 1 is 0.643 bits per heavy atom. The van der Waals surface area contributed by atoms with Crippen molar-refractivity contribution in [1.82, 2.24) is 0 Å². The highest BCUT2D eigenvalue weighted by molar-refractivity contribution is 7.80. The lowest BCUT2D eigenvalue weighted by molar-refractivity contribution is 1.43. The molecule has 2 rings (SSSR count). The van der Waals surface area contributed by atoms with Gasteiger partial charge in [-0.05, 0) is 35.4 Å². The van der Waals surface area contributed by atoms with E-state index in [0.29, 0.717) is 0 Å². The molecule has 0 N–H and O–H groups in total. The van der Waals surface area contributed by atoms with Crippen LogP contribution in [0.2, 0.25) is 0 Å². The number of hydrogen-bond acceptors (Lipinski definition) is 2. The van der Waals surface area contributed by atoms with E-state index in [0.717, 1.165) is 9.79 Å². The predicted octanol–water partition coefficient (Wildman–Crippen LogP) is 3.93. The molecule has 70 valence electrons. The number of benzene rings is 2. The minimum absolute atomic E-state index is 0.979. The van der Waals surface area contributed by atoms with Crippen LogP contribution in [0.25, 0.3) is 11.1 Å². The molecule has 0 aliphatic heterocycles. The molecule has 0 aromatic heterocycles. The van der Waals surface area contributed by atoms with E-state index in [1.54, 1.807) is 0 Å². The predicted molar refractivity (Wildman–Crippen MR) is 66.4 cm³/mol. The van der Waals surface area contributed by atoms with Gasteiger partial charge in [-0.3, -0.25) is 0 Å². The maximum Gasteiger partial charge on any atom is 0.00461 e. The van der Waals surface area contributed by atoms with Crippen LogP contribution in [0.1, 0.15) is 0 Å². The largest absolute Gasteiger partial charge is 0.143 e. The molecule has 0 radical (unpaired) electrons. The minimum Gasteiger partial charge on any atom is -0.143 e. The fourth-order valence-electron chi connectivity index (χ4n) is 1.37. The summed E-state index contributed by atoms with van der Waals surface area (Å²) in [7, 11) is 0. The summed E-state index contributed by atoms with van der Waals surface area (Å²) in [4.78, 5) is 1.96. The summed E-state index contributed by atoms with van der Waals surface area (Å²) >= 11 is 8.62. The van der Waals surface area contributed by atoms with E-state index < -0.39 is 0 Å². The summed E-state index contributed by atoms with van der Waals surface area (Å²) in [6, 6.07) is 16.2. The Balaban J connectivity index is 2.49. The third-order valence-corrected chi connectivity index (χ3v) is 2.58. The highest BCUT2D eigenvalue weighted by Crippen LogP contribution is 2.23. The number of hydrogen-bond donors (Lipinski definition) is 2. The van der Waals surface area contributed by atoms with Crippen molar-refractivity contribution in [2.24, 2.45) is 0 Å². The smallest absolute Gasteiger partial charge is 0.00461 e. The molecule has 0 fully saturated rings. The molecule has 0 saturated heterocycles. The van der Waals surface area contributed by atoms with Gasteiger partial charge in [0.1, 0.15) is 0 Å². The molecule has 0 spiro atoms. The third kappa shape index (κ3) is 2.14. The monoisotopic (exact) mass is 218 g/mol. The van der Waals surface area contributed by atoms with Crippen molar-refractivity contribution in [2.45, 2.75) is 9.79 Å². The molecule has 0 amide bonds. The highest BCUT2D eigenvalue weighted by atomic mass is 32.1. The lowest BCUT2D eigenvalue weighted by Gasteiger charge is -2.02. The van der Waals surface area contributed by atoms with Gasteiger partial charge in [-0.1, -0.05) is 24.3 Å². The van der Waals surface area contributed by atoms with Crippen LogP contribution in [0.3, 0.4) is 0 Å². The van der Waals surface area contributed by atoms with Crippen molar-refractivity contribution in [3.05, 3.63) is 48.5 Å². The van der Waals surface area contributed by atoms with Gasteiger partial charge in [0.15, 0.2) is 0 Å². The molecule has 0 bridgehead atoms. The summed E-state index contributed by atoms with van der Waals surface area (Å²) in [5.41, 5.74) is 2.35. The average Bonchev–Trinajstić information content (AvgIpc) is 2.18. The summed E-state index contributed by atoms with van der Waals surface area (Å²) in [6.45, 7) is 0. The highest BCUT2D eigenvalue weighted by Gasteiger charge is 1.97. The van der Waals surface area contributed by atoms with Gasteiger partial charge in [0.05, 0.1) is 0 Å². The standard InChI is InChI=1S/C12H10S2/c13-11-5-1-3-9(7-11)10-4-2-6-12(14)8-10/h1-8,13-14H. The first kappa shape index (κ1) is 9.69. The van der Waals surface area contributed by atoms with Crippen LogP contribution in [0.5, 0.6) is 0 Å². The molecule has 0 aliphatic rings. The maximum absolute atomic E-state index is 4.31. The molecule has 2 heteroatoms. The quantitative estimate of drug-likeness (QED) is 0.666. The normalized spacial score (nSPS) is 10.1. The zero-order valence-corrected chi connectivity index (χ0v) is 9.30. The second kappa shape index (κ2) is 4.11. The Kier molecular flexibility index (Phi) is 2.85. The van der Waals surface area contributed by atoms with E-state index in [1.165, 1.54) is 11.1 Å². The van der Waals surface area contributed by atoms with Crippen molar-refractivity contribution in [1.29, 1.82) is 0 Å². The molecule has 2 aromatic rings. The van der Waals surface area contributed by atoms with Gasteiger partial charge in [0, 0.05) is 9.79 Å². The van der Waals surface area contributed by atoms with Crippen LogP contribution in [0, 0.1) is 0 Å². The molecular weight excluding hydrogens is 208 g/mol. The van der Waals surface area contributed by atoms with E-state index >= 15 is 0 Å². The molecule has 14 heavy (non-hydrogen) atoms. The van der Waals surface area contributed by atoms with E-state index in [9.17, 15) is 0 Å². The first-order valence-electron chi connectivity index (χ1n) is 4.34. The Labute approximate surface area is 94.8 Å². The minimum atomic E-state index is 0.979. The summed E-state index contributed by atoms with van der Waals surface area (Å²) in [6.07, 6.45) is 0. The summed E-state index contributed by atoms with van der Waals surface area (Å²) in [5.74, 6) is 0. The van der Waals surface area contributed by atoms with Crippen molar-refractivity contribution >= 4 is 25.3 Å². The zero-order chi connectivity index (χ0) is 9.97. The van der Waals surface area contributed by atoms with E-state index in [2.05, 4.69) is 37.4 Å². The van der Waals surface area contributed by atoms with Crippen molar-refractivity contribution in [3.8, 4) is 11.1 Å². The maximum atomic E-state index is 4.31. The SMILES string of the molecule is Sc1cccc(-c2cccc(S)c2)c1. The van der Waals surface area contributed by atoms with Gasteiger partial charge in [0.25, 0.3) is 0 Å². The number of thiol groups is 2. The Hall–Kier alpha value is -0.860. The third-order valence-electron chi connectivity index (χ3n) is 2.03. The second-order valence-electron chi connectivity index (χ2n) is 3.10. The first-order valence-corrected chi connectivity index (χ1v) is 5.23.